The predicted octanol–water partition coefficient (Wildman–Crippen LogP) is 1.71. The van der Waals surface area contributed by atoms with Crippen LogP contribution in [-0.2, 0) is 0 Å². The molecule has 1 amide bonds. The Bertz CT molecular complexity index is 532. The van der Waals surface area contributed by atoms with Gasteiger partial charge in [0, 0.05) is 31.7 Å². The molecule has 2 fully saturated rings. The molecule has 3 nitrogen and oxygen atoms in total. The van der Waals surface area contributed by atoms with Gasteiger partial charge in [-0.15, -0.1) is 0 Å². The van der Waals surface area contributed by atoms with Crippen molar-refractivity contribution in [2.75, 3.05) is 19.6 Å². The molecular formula is C14H16F2N2O. The Kier molecular flexibility index (Phi) is 3.01. The van der Waals surface area contributed by atoms with Gasteiger partial charge in [0.05, 0.1) is 5.56 Å². The van der Waals surface area contributed by atoms with E-state index in [0.29, 0.717) is 18.0 Å². The summed E-state index contributed by atoms with van der Waals surface area (Å²) in [5.74, 6) is -1.25. The van der Waals surface area contributed by atoms with Gasteiger partial charge < -0.3 is 10.2 Å². The van der Waals surface area contributed by atoms with Gasteiger partial charge in [-0.3, -0.25) is 4.79 Å². The number of carbonyl (C=O) groups excluding carboxylic acids is 1. The summed E-state index contributed by atoms with van der Waals surface area (Å²) < 4.78 is 27.0. The summed E-state index contributed by atoms with van der Waals surface area (Å²) in [6, 6.07) is 2.25. The van der Waals surface area contributed by atoms with E-state index in [2.05, 4.69) is 5.32 Å². The Labute approximate surface area is 110 Å². The lowest BCUT2D eigenvalue weighted by atomic mass is 10.0. The van der Waals surface area contributed by atoms with Crippen LogP contribution in [0.2, 0.25) is 0 Å². The third-order valence-corrected chi connectivity index (χ3v) is 4.18. The van der Waals surface area contributed by atoms with E-state index in [1.807, 2.05) is 0 Å². The fourth-order valence-electron chi connectivity index (χ4n) is 3.08. The number of nitrogens with zero attached hydrogens (tertiary/aromatic N) is 1. The van der Waals surface area contributed by atoms with Gasteiger partial charge in [0.15, 0.2) is 0 Å². The van der Waals surface area contributed by atoms with Crippen molar-refractivity contribution < 1.29 is 13.6 Å². The number of rotatable bonds is 1. The van der Waals surface area contributed by atoms with Crippen LogP contribution >= 0.6 is 0 Å². The van der Waals surface area contributed by atoms with E-state index in [-0.39, 0.29) is 17.5 Å². The topological polar surface area (TPSA) is 32.3 Å². The van der Waals surface area contributed by atoms with E-state index < -0.39 is 11.6 Å². The molecule has 0 spiro atoms. The third kappa shape index (κ3) is 2.02. The molecule has 0 unspecified atom stereocenters. The molecule has 2 aliphatic heterocycles. The molecule has 1 aromatic rings. The number of fused-ring (bicyclic) bond motifs is 1. The first kappa shape index (κ1) is 12.5. The molecule has 0 radical (unpaired) electrons. The lowest BCUT2D eigenvalue weighted by Crippen LogP contribution is -2.39. The maximum Gasteiger partial charge on any atom is 0.257 e. The largest absolute Gasteiger partial charge is 0.334 e. The van der Waals surface area contributed by atoms with Gasteiger partial charge in [-0.25, -0.2) is 8.78 Å². The minimum absolute atomic E-state index is 0.0218. The summed E-state index contributed by atoms with van der Waals surface area (Å²) in [5, 5.41) is 3.25. The van der Waals surface area contributed by atoms with Gasteiger partial charge in [0.25, 0.3) is 5.91 Å². The average Bonchev–Trinajstić information content (AvgIpc) is 2.95. The Hall–Kier alpha value is -1.49. The highest BCUT2D eigenvalue weighted by Gasteiger charge is 2.40. The summed E-state index contributed by atoms with van der Waals surface area (Å²) in [7, 11) is 0. The van der Waals surface area contributed by atoms with Crippen LogP contribution in [-0.4, -0.2) is 36.5 Å². The molecule has 2 heterocycles. The van der Waals surface area contributed by atoms with Gasteiger partial charge in [-0.2, -0.15) is 0 Å². The molecule has 1 N–H and O–H groups in total. The molecule has 0 saturated carbocycles. The van der Waals surface area contributed by atoms with Crippen molar-refractivity contribution in [1.82, 2.24) is 10.2 Å². The molecule has 0 bridgehead atoms. The number of halogens is 2. The highest BCUT2D eigenvalue weighted by atomic mass is 19.1. The van der Waals surface area contributed by atoms with Crippen molar-refractivity contribution in [2.45, 2.75) is 19.4 Å². The van der Waals surface area contributed by atoms with Crippen molar-refractivity contribution in [2.24, 2.45) is 5.92 Å². The molecule has 0 aliphatic carbocycles. The Morgan fingerprint density at radius 1 is 1.32 bits per heavy atom. The lowest BCUT2D eigenvalue weighted by molar-refractivity contribution is 0.0732. The quantitative estimate of drug-likeness (QED) is 0.839. The number of aryl methyl sites for hydroxylation is 1. The summed E-state index contributed by atoms with van der Waals surface area (Å²) in [6.45, 7) is 3.87. The SMILES string of the molecule is Cc1cc(C(=O)N2CC[C@H]3CNC[C@H]32)c(F)cc1F. The zero-order valence-electron chi connectivity index (χ0n) is 10.7. The number of nitrogens with one attached hydrogen (secondary N) is 1. The fraction of sp³-hybridized carbons (Fsp3) is 0.500. The molecule has 2 saturated heterocycles. The molecule has 102 valence electrons. The lowest BCUT2D eigenvalue weighted by Gasteiger charge is -2.23. The molecule has 0 aromatic heterocycles. The second-order valence-electron chi connectivity index (χ2n) is 5.35. The first-order valence-electron chi connectivity index (χ1n) is 6.55. The summed E-state index contributed by atoms with van der Waals surface area (Å²) in [4.78, 5) is 14.1. The van der Waals surface area contributed by atoms with Crippen molar-refractivity contribution in [1.29, 1.82) is 0 Å². The number of carbonyl (C=O) groups is 1. The first-order valence-corrected chi connectivity index (χ1v) is 6.55. The normalized spacial score (nSPS) is 25.7. The minimum atomic E-state index is -0.775. The number of benzene rings is 1. The number of likely N-dealkylation sites (tertiary alicyclic amines) is 1. The molecule has 19 heavy (non-hydrogen) atoms. The fourth-order valence-corrected chi connectivity index (χ4v) is 3.08. The van der Waals surface area contributed by atoms with Crippen molar-refractivity contribution in [3.8, 4) is 0 Å². The highest BCUT2D eigenvalue weighted by molar-refractivity contribution is 5.95. The zero-order valence-corrected chi connectivity index (χ0v) is 10.7. The van der Waals surface area contributed by atoms with E-state index in [1.165, 1.54) is 13.0 Å². The Morgan fingerprint density at radius 2 is 2.11 bits per heavy atom. The Balaban J connectivity index is 1.90. The summed E-state index contributed by atoms with van der Waals surface area (Å²) >= 11 is 0. The van der Waals surface area contributed by atoms with Gasteiger partial charge >= 0.3 is 0 Å². The average molecular weight is 266 g/mol. The predicted molar refractivity (Wildman–Crippen MR) is 66.9 cm³/mol. The zero-order chi connectivity index (χ0) is 13.6. The third-order valence-electron chi connectivity index (χ3n) is 4.18. The summed E-state index contributed by atoms with van der Waals surface area (Å²) in [6.07, 6.45) is 0.950. The van der Waals surface area contributed by atoms with E-state index in [4.69, 9.17) is 0 Å². The van der Waals surface area contributed by atoms with Crippen molar-refractivity contribution in [3.05, 3.63) is 34.9 Å². The van der Waals surface area contributed by atoms with Gasteiger partial charge in [-0.1, -0.05) is 0 Å². The maximum atomic E-state index is 13.8. The second-order valence-corrected chi connectivity index (χ2v) is 5.35. The molecular weight excluding hydrogens is 250 g/mol. The van der Waals surface area contributed by atoms with E-state index in [9.17, 15) is 13.6 Å². The maximum absolute atomic E-state index is 13.8. The first-order chi connectivity index (χ1) is 9.08. The minimum Gasteiger partial charge on any atom is -0.334 e. The second kappa shape index (κ2) is 4.56. The smallest absolute Gasteiger partial charge is 0.257 e. The van der Waals surface area contributed by atoms with Crippen LogP contribution < -0.4 is 5.32 Å². The van der Waals surface area contributed by atoms with Crippen LogP contribution in [0.1, 0.15) is 22.3 Å². The Morgan fingerprint density at radius 3 is 2.89 bits per heavy atom. The van der Waals surface area contributed by atoms with Crippen LogP contribution in [0.5, 0.6) is 0 Å². The highest BCUT2D eigenvalue weighted by Crippen LogP contribution is 2.29. The van der Waals surface area contributed by atoms with Gasteiger partial charge in [-0.05, 0) is 30.9 Å². The van der Waals surface area contributed by atoms with Crippen molar-refractivity contribution >= 4 is 5.91 Å². The van der Waals surface area contributed by atoms with Crippen LogP contribution in [0.3, 0.4) is 0 Å². The molecule has 1 aromatic carbocycles. The van der Waals surface area contributed by atoms with Gasteiger partial charge in [0.2, 0.25) is 0 Å². The van der Waals surface area contributed by atoms with Crippen LogP contribution in [0, 0.1) is 24.5 Å². The van der Waals surface area contributed by atoms with E-state index in [1.54, 1.807) is 4.90 Å². The summed E-state index contributed by atoms with van der Waals surface area (Å²) in [5.41, 5.74) is 0.275. The number of amides is 1. The number of hydrogen-bond donors (Lipinski definition) is 1. The van der Waals surface area contributed by atoms with E-state index in [0.717, 1.165) is 25.6 Å². The van der Waals surface area contributed by atoms with Crippen LogP contribution in [0.25, 0.3) is 0 Å². The number of hydrogen-bond acceptors (Lipinski definition) is 2. The molecule has 5 heteroatoms. The van der Waals surface area contributed by atoms with Crippen LogP contribution in [0.15, 0.2) is 12.1 Å². The molecule has 2 aliphatic rings. The van der Waals surface area contributed by atoms with E-state index >= 15 is 0 Å². The van der Waals surface area contributed by atoms with Crippen LogP contribution in [0.4, 0.5) is 8.78 Å². The molecule has 2 atom stereocenters. The van der Waals surface area contributed by atoms with Crippen molar-refractivity contribution in [3.63, 3.8) is 0 Å². The monoisotopic (exact) mass is 266 g/mol. The standard InChI is InChI=1S/C14H16F2N2O/c1-8-4-10(12(16)5-11(8)15)14(19)18-3-2-9-6-17-7-13(9)18/h4-5,9,13,17H,2-3,6-7H2,1H3/t9-,13+/m0/s1. The molecule has 3 rings (SSSR count). The van der Waals surface area contributed by atoms with Gasteiger partial charge in [0.1, 0.15) is 11.6 Å².